The van der Waals surface area contributed by atoms with E-state index < -0.39 is 17.8 Å². The maximum atomic E-state index is 13.0. The van der Waals surface area contributed by atoms with Crippen molar-refractivity contribution in [3.63, 3.8) is 0 Å². The molecule has 0 aliphatic heterocycles. The number of aliphatic hydroxyl groups is 1. The number of halogens is 3. The minimum atomic E-state index is -4.48. The summed E-state index contributed by atoms with van der Waals surface area (Å²) in [7, 11) is 0. The van der Waals surface area contributed by atoms with Gasteiger partial charge in [0.05, 0.1) is 5.56 Å². The molecular formula is C15H13F3O. The zero-order chi connectivity index (χ0) is 14.0. The molecule has 0 aromatic heterocycles. The third-order valence-electron chi connectivity index (χ3n) is 2.92. The van der Waals surface area contributed by atoms with Gasteiger partial charge in [-0.25, -0.2) is 0 Å². The van der Waals surface area contributed by atoms with Crippen molar-refractivity contribution in [3.05, 3.63) is 70.8 Å². The maximum Gasteiger partial charge on any atom is 0.416 e. The molecule has 0 bridgehead atoms. The van der Waals surface area contributed by atoms with Gasteiger partial charge in [0.15, 0.2) is 0 Å². The molecule has 0 fully saturated rings. The van der Waals surface area contributed by atoms with Crippen LogP contribution in [0.2, 0.25) is 0 Å². The molecule has 100 valence electrons. The number of rotatable bonds is 2. The monoisotopic (exact) mass is 266 g/mol. The van der Waals surface area contributed by atoms with Crippen LogP contribution in [-0.2, 0) is 6.18 Å². The van der Waals surface area contributed by atoms with Crippen LogP contribution in [0.25, 0.3) is 0 Å². The Morgan fingerprint density at radius 1 is 1.00 bits per heavy atom. The molecule has 0 saturated heterocycles. The minimum Gasteiger partial charge on any atom is -0.384 e. The van der Waals surface area contributed by atoms with E-state index in [4.69, 9.17) is 0 Å². The first-order chi connectivity index (χ1) is 8.89. The van der Waals surface area contributed by atoms with E-state index in [1.807, 2.05) is 0 Å². The van der Waals surface area contributed by atoms with E-state index in [-0.39, 0.29) is 5.56 Å². The van der Waals surface area contributed by atoms with Gasteiger partial charge in [0.25, 0.3) is 0 Å². The molecule has 1 N–H and O–H groups in total. The standard InChI is InChI=1S/C15H13F3O/c1-10-7-8-12(13(9-10)15(16,17)18)14(19)11-5-3-2-4-6-11/h2-9,14,19H,1H3. The largest absolute Gasteiger partial charge is 0.416 e. The normalized spacial score (nSPS) is 13.3. The second-order valence-electron chi connectivity index (χ2n) is 4.40. The molecule has 2 aromatic rings. The highest BCUT2D eigenvalue weighted by Crippen LogP contribution is 2.37. The molecule has 4 heteroatoms. The lowest BCUT2D eigenvalue weighted by Gasteiger charge is -2.18. The van der Waals surface area contributed by atoms with Crippen LogP contribution in [0.4, 0.5) is 13.2 Å². The molecule has 0 spiro atoms. The molecule has 2 aromatic carbocycles. The van der Waals surface area contributed by atoms with E-state index in [1.165, 1.54) is 6.07 Å². The number of benzene rings is 2. The van der Waals surface area contributed by atoms with Crippen LogP contribution in [0.3, 0.4) is 0 Å². The van der Waals surface area contributed by atoms with Crippen molar-refractivity contribution >= 4 is 0 Å². The Morgan fingerprint density at radius 2 is 1.63 bits per heavy atom. The molecule has 0 heterocycles. The van der Waals surface area contributed by atoms with Gasteiger partial charge in [-0.1, -0.05) is 48.0 Å². The molecule has 1 atom stereocenters. The second kappa shape index (κ2) is 5.05. The van der Waals surface area contributed by atoms with E-state index in [1.54, 1.807) is 43.3 Å². The molecule has 0 aliphatic carbocycles. The van der Waals surface area contributed by atoms with E-state index >= 15 is 0 Å². The summed E-state index contributed by atoms with van der Waals surface area (Å²) in [6.45, 7) is 1.59. The fourth-order valence-electron chi connectivity index (χ4n) is 1.97. The average molecular weight is 266 g/mol. The first-order valence-corrected chi connectivity index (χ1v) is 5.80. The number of aryl methyl sites for hydroxylation is 1. The molecule has 0 amide bonds. The minimum absolute atomic E-state index is 0.121. The topological polar surface area (TPSA) is 20.2 Å². The zero-order valence-electron chi connectivity index (χ0n) is 10.3. The van der Waals surface area contributed by atoms with E-state index in [2.05, 4.69) is 0 Å². The molecule has 2 rings (SSSR count). The predicted octanol–water partition coefficient (Wildman–Crippen LogP) is 4.10. The summed E-state index contributed by atoms with van der Waals surface area (Å²) in [4.78, 5) is 0. The number of alkyl halides is 3. The Morgan fingerprint density at radius 3 is 2.21 bits per heavy atom. The summed E-state index contributed by atoms with van der Waals surface area (Å²) >= 11 is 0. The first kappa shape index (κ1) is 13.6. The van der Waals surface area contributed by atoms with E-state index in [0.29, 0.717) is 11.1 Å². The van der Waals surface area contributed by atoms with Gasteiger partial charge < -0.3 is 5.11 Å². The third-order valence-corrected chi connectivity index (χ3v) is 2.92. The summed E-state index contributed by atoms with van der Waals surface area (Å²) in [5, 5.41) is 10.1. The lowest BCUT2D eigenvalue weighted by molar-refractivity contribution is -0.139. The van der Waals surface area contributed by atoms with Crippen LogP contribution in [-0.4, -0.2) is 5.11 Å². The molecule has 1 nitrogen and oxygen atoms in total. The summed E-state index contributed by atoms with van der Waals surface area (Å²) in [5.41, 5.74) is 0.0429. The molecular weight excluding hydrogens is 253 g/mol. The van der Waals surface area contributed by atoms with Gasteiger partial charge >= 0.3 is 6.18 Å². The maximum absolute atomic E-state index is 13.0. The van der Waals surface area contributed by atoms with Gasteiger partial charge in [-0.05, 0) is 24.1 Å². The van der Waals surface area contributed by atoms with Gasteiger partial charge in [-0.3, -0.25) is 0 Å². The summed E-state index contributed by atoms with van der Waals surface area (Å²) in [5.74, 6) is 0. The number of hydrogen-bond acceptors (Lipinski definition) is 1. The highest BCUT2D eigenvalue weighted by atomic mass is 19.4. The first-order valence-electron chi connectivity index (χ1n) is 5.80. The van der Waals surface area contributed by atoms with Crippen LogP contribution < -0.4 is 0 Å². The Kier molecular flexibility index (Phi) is 3.62. The van der Waals surface area contributed by atoms with E-state index in [9.17, 15) is 18.3 Å². The smallest absolute Gasteiger partial charge is 0.384 e. The fourth-order valence-corrected chi connectivity index (χ4v) is 1.97. The van der Waals surface area contributed by atoms with Crippen molar-refractivity contribution in [2.75, 3.05) is 0 Å². The van der Waals surface area contributed by atoms with Crippen molar-refractivity contribution in [3.8, 4) is 0 Å². The van der Waals surface area contributed by atoms with Crippen molar-refractivity contribution in [1.29, 1.82) is 0 Å². The summed E-state index contributed by atoms with van der Waals surface area (Å²) in [6, 6.07) is 12.3. The van der Waals surface area contributed by atoms with Crippen LogP contribution in [0.1, 0.15) is 28.4 Å². The van der Waals surface area contributed by atoms with Crippen molar-refractivity contribution in [2.45, 2.75) is 19.2 Å². The zero-order valence-corrected chi connectivity index (χ0v) is 10.3. The van der Waals surface area contributed by atoms with E-state index in [0.717, 1.165) is 6.07 Å². The lowest BCUT2D eigenvalue weighted by Crippen LogP contribution is -2.13. The third kappa shape index (κ3) is 2.96. The average Bonchev–Trinajstić information content (AvgIpc) is 2.38. The Bertz CT molecular complexity index is 561. The predicted molar refractivity (Wildman–Crippen MR) is 66.7 cm³/mol. The SMILES string of the molecule is Cc1ccc(C(O)c2ccccc2)c(C(F)(F)F)c1. The number of aliphatic hydroxyl groups excluding tert-OH is 1. The fraction of sp³-hybridized carbons (Fsp3) is 0.200. The number of hydrogen-bond donors (Lipinski definition) is 1. The lowest BCUT2D eigenvalue weighted by atomic mass is 9.95. The molecule has 0 radical (unpaired) electrons. The highest BCUT2D eigenvalue weighted by Gasteiger charge is 2.35. The molecule has 0 saturated carbocycles. The van der Waals surface area contributed by atoms with Gasteiger partial charge in [-0.2, -0.15) is 13.2 Å². The van der Waals surface area contributed by atoms with Crippen LogP contribution >= 0.6 is 0 Å². The highest BCUT2D eigenvalue weighted by molar-refractivity contribution is 5.39. The van der Waals surface area contributed by atoms with Crippen molar-refractivity contribution in [1.82, 2.24) is 0 Å². The molecule has 19 heavy (non-hydrogen) atoms. The molecule has 1 unspecified atom stereocenters. The van der Waals surface area contributed by atoms with Gasteiger partial charge in [0.1, 0.15) is 6.10 Å². The van der Waals surface area contributed by atoms with Crippen LogP contribution in [0.5, 0.6) is 0 Å². The Labute approximate surface area is 109 Å². The van der Waals surface area contributed by atoms with Crippen molar-refractivity contribution in [2.24, 2.45) is 0 Å². The van der Waals surface area contributed by atoms with Crippen molar-refractivity contribution < 1.29 is 18.3 Å². The van der Waals surface area contributed by atoms with Gasteiger partial charge in [-0.15, -0.1) is 0 Å². The van der Waals surface area contributed by atoms with Crippen LogP contribution in [0.15, 0.2) is 48.5 Å². The van der Waals surface area contributed by atoms with Gasteiger partial charge in [0.2, 0.25) is 0 Å². The Hall–Kier alpha value is -1.81. The second-order valence-corrected chi connectivity index (χ2v) is 4.40. The quantitative estimate of drug-likeness (QED) is 0.867. The summed E-state index contributed by atoms with van der Waals surface area (Å²) in [6.07, 6.45) is -5.75. The molecule has 0 aliphatic rings. The Balaban J connectivity index is 2.51. The summed E-state index contributed by atoms with van der Waals surface area (Å²) < 4.78 is 39.0. The van der Waals surface area contributed by atoms with Crippen LogP contribution in [0, 0.1) is 6.92 Å². The van der Waals surface area contributed by atoms with Gasteiger partial charge in [0, 0.05) is 0 Å².